The minimum Gasteiger partial charge on any atom is -0.343 e. The number of hydrogen-bond acceptors (Lipinski definition) is 0. The van der Waals surface area contributed by atoms with Crippen molar-refractivity contribution < 1.29 is 0 Å². The molecule has 0 atom stereocenters. The van der Waals surface area contributed by atoms with Gasteiger partial charge in [0, 0.05) is 17.6 Å². The lowest BCUT2D eigenvalue weighted by Gasteiger charge is -2.28. The summed E-state index contributed by atoms with van der Waals surface area (Å²) in [4.78, 5) is 0. The quantitative estimate of drug-likeness (QED) is 0.632. The van der Waals surface area contributed by atoms with E-state index < -0.39 is 0 Å². The zero-order valence-electron chi connectivity index (χ0n) is 10.5. The summed E-state index contributed by atoms with van der Waals surface area (Å²) in [7, 11) is 0. The van der Waals surface area contributed by atoms with Crippen LogP contribution in [0.5, 0.6) is 0 Å². The van der Waals surface area contributed by atoms with Crippen molar-refractivity contribution in [1.29, 1.82) is 0 Å². The van der Waals surface area contributed by atoms with Crippen molar-refractivity contribution in [3.8, 4) is 0 Å². The first kappa shape index (κ1) is 12.4. The molecule has 1 fully saturated rings. The summed E-state index contributed by atoms with van der Waals surface area (Å²) in [6, 6.07) is 6.63. The highest BCUT2D eigenvalue weighted by Crippen LogP contribution is 2.38. The van der Waals surface area contributed by atoms with E-state index in [1.54, 1.807) is 0 Å². The predicted molar refractivity (Wildman–Crippen MR) is 78.6 cm³/mol. The molecule has 3 rings (SSSR count). The molecule has 0 N–H and O–H groups in total. The third-order valence-corrected chi connectivity index (χ3v) is 4.95. The molecule has 1 aromatic heterocycles. The molecule has 1 aliphatic carbocycles. The zero-order chi connectivity index (χ0) is 12.7. The molecule has 3 heteroatoms. The lowest BCUT2D eigenvalue weighted by Crippen LogP contribution is -2.16. The maximum Gasteiger partial charge on any atom is 0.0835 e. The summed E-state index contributed by atoms with van der Waals surface area (Å²) < 4.78 is 2.33. The van der Waals surface area contributed by atoms with Gasteiger partial charge in [-0.25, -0.2) is 0 Å². The lowest BCUT2D eigenvalue weighted by atomic mass is 9.87. The first-order chi connectivity index (χ1) is 8.66. The van der Waals surface area contributed by atoms with Crippen molar-refractivity contribution in [2.75, 3.05) is 0 Å². The van der Waals surface area contributed by atoms with Gasteiger partial charge < -0.3 is 4.57 Å². The summed E-state index contributed by atoms with van der Waals surface area (Å²) in [5, 5.41) is 2.52. The third kappa shape index (κ3) is 2.04. The van der Waals surface area contributed by atoms with Crippen molar-refractivity contribution in [2.24, 2.45) is 5.92 Å². The number of benzene rings is 1. The monoisotopic (exact) mass is 281 g/mol. The number of fused-ring (bicyclic) bond motifs is 1. The van der Waals surface area contributed by atoms with E-state index in [-0.39, 0.29) is 0 Å². The van der Waals surface area contributed by atoms with Crippen molar-refractivity contribution >= 4 is 34.1 Å². The Balaban J connectivity index is 2.04. The van der Waals surface area contributed by atoms with E-state index in [2.05, 4.69) is 23.8 Å². The number of hydrogen-bond donors (Lipinski definition) is 0. The maximum absolute atomic E-state index is 6.37. The van der Waals surface area contributed by atoms with E-state index in [1.807, 2.05) is 12.1 Å². The average Bonchev–Trinajstić information content (AvgIpc) is 2.79. The molecule has 0 unspecified atom stereocenters. The Bertz CT molecular complexity index is 565. The van der Waals surface area contributed by atoms with E-state index in [1.165, 1.54) is 31.1 Å². The Hall–Kier alpha value is -0.660. The van der Waals surface area contributed by atoms with Crippen LogP contribution in [0, 0.1) is 5.92 Å². The molecule has 0 saturated heterocycles. The second-order valence-electron chi connectivity index (χ2n) is 5.44. The summed E-state index contributed by atoms with van der Waals surface area (Å²) in [5.74, 6) is 0.863. The molecule has 1 nitrogen and oxygen atoms in total. The van der Waals surface area contributed by atoms with Crippen LogP contribution in [0.1, 0.15) is 38.6 Å². The molecule has 1 saturated carbocycles. The summed E-state index contributed by atoms with van der Waals surface area (Å²) >= 11 is 12.5. The molecule has 0 amide bonds. The van der Waals surface area contributed by atoms with Crippen LogP contribution in [0.3, 0.4) is 0 Å². The number of aromatic nitrogens is 1. The summed E-state index contributed by atoms with van der Waals surface area (Å²) in [6.07, 6.45) is 7.26. The Labute approximate surface area is 118 Å². The predicted octanol–water partition coefficient (Wildman–Crippen LogP) is 5.70. The number of halogens is 2. The first-order valence-electron chi connectivity index (χ1n) is 6.61. The van der Waals surface area contributed by atoms with E-state index in [4.69, 9.17) is 23.2 Å². The standard InChI is InChI=1S/C15H17Cl2N/c1-10-2-5-12(6-3-10)18-9-8-11-4-7-13(16)14(17)15(11)18/h4,7-10,12H,2-3,5-6H2,1H3. The first-order valence-corrected chi connectivity index (χ1v) is 7.37. The number of rotatable bonds is 1. The highest BCUT2D eigenvalue weighted by atomic mass is 35.5. The van der Waals surface area contributed by atoms with Crippen molar-refractivity contribution in [3.05, 3.63) is 34.4 Å². The molecule has 2 aromatic rings. The van der Waals surface area contributed by atoms with Gasteiger partial charge in [0.2, 0.25) is 0 Å². The Morgan fingerprint density at radius 3 is 2.50 bits per heavy atom. The van der Waals surface area contributed by atoms with Gasteiger partial charge in [-0.05, 0) is 43.7 Å². The molecular formula is C15H17Cl2N. The summed E-state index contributed by atoms with van der Waals surface area (Å²) in [5.41, 5.74) is 1.10. The van der Waals surface area contributed by atoms with Crippen molar-refractivity contribution in [1.82, 2.24) is 4.57 Å². The highest BCUT2D eigenvalue weighted by molar-refractivity contribution is 6.45. The molecule has 18 heavy (non-hydrogen) atoms. The van der Waals surface area contributed by atoms with E-state index in [9.17, 15) is 0 Å². The summed E-state index contributed by atoms with van der Waals surface area (Å²) in [6.45, 7) is 2.34. The van der Waals surface area contributed by atoms with Gasteiger partial charge in [-0.15, -0.1) is 0 Å². The molecule has 0 spiro atoms. The van der Waals surface area contributed by atoms with Gasteiger partial charge in [0.25, 0.3) is 0 Å². The second-order valence-corrected chi connectivity index (χ2v) is 6.22. The zero-order valence-corrected chi connectivity index (χ0v) is 12.0. The molecule has 0 aliphatic heterocycles. The fourth-order valence-corrected chi connectivity index (χ4v) is 3.43. The van der Waals surface area contributed by atoms with E-state index in [0.29, 0.717) is 16.1 Å². The normalized spacial score (nSPS) is 24.6. The molecule has 0 radical (unpaired) electrons. The van der Waals surface area contributed by atoms with Gasteiger partial charge >= 0.3 is 0 Å². The largest absolute Gasteiger partial charge is 0.343 e. The fraction of sp³-hybridized carbons (Fsp3) is 0.467. The molecule has 96 valence electrons. The van der Waals surface area contributed by atoms with Gasteiger partial charge in [-0.2, -0.15) is 0 Å². The Morgan fingerprint density at radius 1 is 1.06 bits per heavy atom. The topological polar surface area (TPSA) is 4.93 Å². The molecule has 1 aliphatic rings. The number of nitrogens with zero attached hydrogens (tertiary/aromatic N) is 1. The minimum atomic E-state index is 0.578. The van der Waals surface area contributed by atoms with E-state index in [0.717, 1.165) is 11.4 Å². The second kappa shape index (κ2) is 4.79. The van der Waals surface area contributed by atoms with Gasteiger partial charge in [0.1, 0.15) is 0 Å². The van der Waals surface area contributed by atoms with Crippen LogP contribution in [0.25, 0.3) is 10.9 Å². The van der Waals surface area contributed by atoms with Crippen molar-refractivity contribution in [3.63, 3.8) is 0 Å². The fourth-order valence-electron chi connectivity index (χ4n) is 3.01. The minimum absolute atomic E-state index is 0.578. The van der Waals surface area contributed by atoms with Crippen LogP contribution >= 0.6 is 23.2 Å². The van der Waals surface area contributed by atoms with Crippen LogP contribution in [-0.2, 0) is 0 Å². The molecule has 1 heterocycles. The van der Waals surface area contributed by atoms with Crippen LogP contribution in [0.15, 0.2) is 24.4 Å². The SMILES string of the molecule is CC1CCC(n2ccc3ccc(Cl)c(Cl)c32)CC1. The molecular weight excluding hydrogens is 265 g/mol. The Morgan fingerprint density at radius 2 is 1.78 bits per heavy atom. The molecule has 1 aromatic carbocycles. The van der Waals surface area contributed by atoms with Gasteiger partial charge in [0.15, 0.2) is 0 Å². The Kier molecular flexibility index (Phi) is 3.29. The maximum atomic E-state index is 6.37. The third-order valence-electron chi connectivity index (χ3n) is 4.15. The smallest absolute Gasteiger partial charge is 0.0835 e. The average molecular weight is 282 g/mol. The van der Waals surface area contributed by atoms with Crippen LogP contribution < -0.4 is 0 Å². The van der Waals surface area contributed by atoms with Gasteiger partial charge in [-0.1, -0.05) is 36.2 Å². The van der Waals surface area contributed by atoms with Crippen LogP contribution in [0.2, 0.25) is 10.0 Å². The lowest BCUT2D eigenvalue weighted by molar-refractivity contribution is 0.294. The highest BCUT2D eigenvalue weighted by Gasteiger charge is 2.21. The van der Waals surface area contributed by atoms with Crippen LogP contribution in [-0.4, -0.2) is 4.57 Å². The van der Waals surface area contributed by atoms with Gasteiger partial charge in [-0.3, -0.25) is 0 Å². The van der Waals surface area contributed by atoms with Gasteiger partial charge in [0.05, 0.1) is 15.6 Å². The van der Waals surface area contributed by atoms with E-state index >= 15 is 0 Å². The van der Waals surface area contributed by atoms with Crippen molar-refractivity contribution in [2.45, 2.75) is 38.6 Å². The van der Waals surface area contributed by atoms with Crippen LogP contribution in [0.4, 0.5) is 0 Å². The molecule has 0 bridgehead atoms.